The van der Waals surface area contributed by atoms with E-state index in [1.165, 1.54) is 0 Å². The summed E-state index contributed by atoms with van der Waals surface area (Å²) < 4.78 is 15.6. The van der Waals surface area contributed by atoms with Crippen molar-refractivity contribution in [1.82, 2.24) is 0 Å². The Morgan fingerprint density at radius 1 is 1.06 bits per heavy atom. The fourth-order valence-corrected chi connectivity index (χ4v) is 1.41. The zero-order valence-electron chi connectivity index (χ0n) is 10.2. The number of hydrogen-bond donors (Lipinski definition) is 2. The summed E-state index contributed by atoms with van der Waals surface area (Å²) in [6.45, 7) is 0.360. The summed E-state index contributed by atoms with van der Waals surface area (Å²) in [5, 5.41) is 0. The average molecular weight is 239 g/mol. The molecule has 17 heavy (non-hydrogen) atoms. The standard InChI is InChI=1S/C11H17N3O3/c1-15-8-4-7(6-14-11(12)13)5-9(16-2)10(8)17-3/h4-5H,6H2,1-3H3,(H4,12,13,14). The van der Waals surface area contributed by atoms with Crippen LogP contribution < -0.4 is 25.7 Å². The molecular formula is C11H17N3O3. The van der Waals surface area contributed by atoms with Gasteiger partial charge in [0, 0.05) is 0 Å². The Hall–Kier alpha value is -2.11. The number of rotatable bonds is 5. The van der Waals surface area contributed by atoms with Gasteiger partial charge in [0.25, 0.3) is 0 Å². The quantitative estimate of drug-likeness (QED) is 0.576. The summed E-state index contributed by atoms with van der Waals surface area (Å²) >= 11 is 0. The lowest BCUT2D eigenvalue weighted by Gasteiger charge is -2.13. The molecule has 1 rings (SSSR count). The molecule has 0 spiro atoms. The topological polar surface area (TPSA) is 92.1 Å². The molecule has 0 unspecified atom stereocenters. The van der Waals surface area contributed by atoms with Crippen LogP contribution in [0.4, 0.5) is 0 Å². The first-order valence-corrected chi connectivity index (χ1v) is 4.96. The summed E-state index contributed by atoms with van der Waals surface area (Å²) in [5.74, 6) is 1.74. The van der Waals surface area contributed by atoms with E-state index in [1.54, 1.807) is 33.5 Å². The Balaban J connectivity index is 3.13. The Labute approximate surface area is 100 Å². The van der Waals surface area contributed by atoms with Crippen LogP contribution in [0, 0.1) is 0 Å². The Kier molecular flexibility index (Phi) is 4.45. The molecule has 0 aliphatic heterocycles. The molecule has 6 nitrogen and oxygen atoms in total. The maximum Gasteiger partial charge on any atom is 0.203 e. The van der Waals surface area contributed by atoms with Crippen LogP contribution in [0.5, 0.6) is 17.2 Å². The van der Waals surface area contributed by atoms with Gasteiger partial charge >= 0.3 is 0 Å². The molecule has 0 atom stereocenters. The molecule has 0 aliphatic carbocycles. The summed E-state index contributed by atoms with van der Waals surface area (Å²) in [6.07, 6.45) is 0. The Bertz CT molecular complexity index is 389. The lowest BCUT2D eigenvalue weighted by atomic mass is 10.2. The van der Waals surface area contributed by atoms with Gasteiger partial charge in [0.15, 0.2) is 17.5 Å². The monoisotopic (exact) mass is 239 g/mol. The average Bonchev–Trinajstić information content (AvgIpc) is 2.34. The predicted molar refractivity (Wildman–Crippen MR) is 65.6 cm³/mol. The van der Waals surface area contributed by atoms with Gasteiger partial charge in [0.1, 0.15) is 0 Å². The van der Waals surface area contributed by atoms with Gasteiger partial charge in [0.2, 0.25) is 5.75 Å². The van der Waals surface area contributed by atoms with E-state index in [0.717, 1.165) is 5.56 Å². The molecule has 0 bridgehead atoms. The molecule has 1 aromatic carbocycles. The summed E-state index contributed by atoms with van der Waals surface area (Å²) in [5.41, 5.74) is 11.4. The van der Waals surface area contributed by atoms with Crippen molar-refractivity contribution >= 4 is 5.96 Å². The highest BCUT2D eigenvalue weighted by Gasteiger charge is 2.12. The van der Waals surface area contributed by atoms with Gasteiger partial charge in [-0.1, -0.05) is 0 Å². The lowest BCUT2D eigenvalue weighted by Crippen LogP contribution is -2.22. The first-order valence-electron chi connectivity index (χ1n) is 4.96. The number of methoxy groups -OCH3 is 3. The van der Waals surface area contributed by atoms with E-state index < -0.39 is 0 Å². The maximum absolute atomic E-state index is 5.28. The van der Waals surface area contributed by atoms with Crippen molar-refractivity contribution in [2.75, 3.05) is 21.3 Å². The number of ether oxygens (including phenoxy) is 3. The van der Waals surface area contributed by atoms with Crippen LogP contribution in [-0.4, -0.2) is 27.3 Å². The molecule has 94 valence electrons. The van der Waals surface area contributed by atoms with Crippen LogP contribution in [0.1, 0.15) is 5.56 Å². The minimum Gasteiger partial charge on any atom is -0.493 e. The molecule has 0 heterocycles. The van der Waals surface area contributed by atoms with Crippen molar-refractivity contribution in [3.05, 3.63) is 17.7 Å². The fraction of sp³-hybridized carbons (Fsp3) is 0.364. The van der Waals surface area contributed by atoms with Crippen LogP contribution in [0.3, 0.4) is 0 Å². The number of hydrogen-bond acceptors (Lipinski definition) is 4. The van der Waals surface area contributed by atoms with Crippen LogP contribution >= 0.6 is 0 Å². The van der Waals surface area contributed by atoms with Crippen molar-refractivity contribution < 1.29 is 14.2 Å². The van der Waals surface area contributed by atoms with Crippen LogP contribution in [0.2, 0.25) is 0 Å². The molecule has 0 aromatic heterocycles. The summed E-state index contributed by atoms with van der Waals surface area (Å²) in [6, 6.07) is 3.60. The van der Waals surface area contributed by atoms with E-state index in [0.29, 0.717) is 23.8 Å². The molecule has 0 amide bonds. The number of nitrogens with two attached hydrogens (primary N) is 2. The second-order valence-electron chi connectivity index (χ2n) is 3.27. The van der Waals surface area contributed by atoms with Crippen molar-refractivity contribution in [3.8, 4) is 17.2 Å². The molecule has 0 saturated heterocycles. The second-order valence-corrected chi connectivity index (χ2v) is 3.27. The minimum absolute atomic E-state index is 0.0405. The zero-order chi connectivity index (χ0) is 12.8. The first kappa shape index (κ1) is 13.0. The molecule has 0 fully saturated rings. The molecule has 0 saturated carbocycles. The van der Waals surface area contributed by atoms with E-state index in [2.05, 4.69) is 4.99 Å². The smallest absolute Gasteiger partial charge is 0.203 e. The number of benzene rings is 1. The highest BCUT2D eigenvalue weighted by molar-refractivity contribution is 5.75. The van der Waals surface area contributed by atoms with Crippen molar-refractivity contribution in [2.45, 2.75) is 6.54 Å². The molecule has 0 radical (unpaired) electrons. The van der Waals surface area contributed by atoms with Gasteiger partial charge in [-0.3, -0.25) is 0 Å². The van der Waals surface area contributed by atoms with E-state index in [1.807, 2.05) is 0 Å². The Morgan fingerprint density at radius 3 is 1.94 bits per heavy atom. The van der Waals surface area contributed by atoms with Crippen molar-refractivity contribution in [2.24, 2.45) is 16.5 Å². The van der Waals surface area contributed by atoms with Crippen LogP contribution in [0.15, 0.2) is 17.1 Å². The Morgan fingerprint density at radius 2 is 1.59 bits per heavy atom. The summed E-state index contributed by atoms with van der Waals surface area (Å²) in [4.78, 5) is 3.92. The van der Waals surface area contributed by atoms with Crippen molar-refractivity contribution in [3.63, 3.8) is 0 Å². The normalized spacial score (nSPS) is 9.59. The van der Waals surface area contributed by atoms with Gasteiger partial charge in [-0.25, -0.2) is 4.99 Å². The van der Waals surface area contributed by atoms with Gasteiger partial charge in [-0.05, 0) is 17.7 Å². The highest BCUT2D eigenvalue weighted by atomic mass is 16.5. The lowest BCUT2D eigenvalue weighted by molar-refractivity contribution is 0.324. The van der Waals surface area contributed by atoms with E-state index in [4.69, 9.17) is 25.7 Å². The van der Waals surface area contributed by atoms with Crippen LogP contribution in [-0.2, 0) is 6.54 Å². The fourth-order valence-electron chi connectivity index (χ4n) is 1.41. The zero-order valence-corrected chi connectivity index (χ0v) is 10.2. The summed E-state index contributed by atoms with van der Waals surface area (Å²) in [7, 11) is 4.67. The molecule has 6 heteroatoms. The third kappa shape index (κ3) is 3.17. The van der Waals surface area contributed by atoms with Crippen molar-refractivity contribution in [1.29, 1.82) is 0 Å². The van der Waals surface area contributed by atoms with Crippen LogP contribution in [0.25, 0.3) is 0 Å². The molecule has 4 N–H and O–H groups in total. The third-order valence-electron chi connectivity index (χ3n) is 2.17. The molecule has 1 aromatic rings. The van der Waals surface area contributed by atoms with E-state index in [-0.39, 0.29) is 5.96 Å². The number of aliphatic imine (C=N–C) groups is 1. The SMILES string of the molecule is COc1cc(CN=C(N)N)cc(OC)c1OC. The largest absolute Gasteiger partial charge is 0.493 e. The first-order chi connectivity index (χ1) is 8.12. The van der Waals surface area contributed by atoms with Gasteiger partial charge in [-0.2, -0.15) is 0 Å². The predicted octanol–water partition coefficient (Wildman–Crippen LogP) is 0.486. The third-order valence-corrected chi connectivity index (χ3v) is 2.17. The highest BCUT2D eigenvalue weighted by Crippen LogP contribution is 2.38. The minimum atomic E-state index is 0.0405. The number of nitrogens with zero attached hydrogens (tertiary/aromatic N) is 1. The number of guanidine groups is 1. The van der Waals surface area contributed by atoms with E-state index in [9.17, 15) is 0 Å². The second kappa shape index (κ2) is 5.83. The van der Waals surface area contributed by atoms with Gasteiger partial charge in [0.05, 0.1) is 27.9 Å². The molecule has 0 aliphatic rings. The van der Waals surface area contributed by atoms with Gasteiger partial charge in [-0.15, -0.1) is 0 Å². The molecular weight excluding hydrogens is 222 g/mol. The maximum atomic E-state index is 5.28. The van der Waals surface area contributed by atoms with Gasteiger partial charge < -0.3 is 25.7 Å². The van der Waals surface area contributed by atoms with E-state index >= 15 is 0 Å².